The Bertz CT molecular complexity index is 624. The third kappa shape index (κ3) is 8.06. The summed E-state index contributed by atoms with van der Waals surface area (Å²) in [6, 6.07) is 4.48. The van der Waals surface area contributed by atoms with Crippen molar-refractivity contribution in [2.24, 2.45) is 4.99 Å². The highest BCUT2D eigenvalue weighted by atomic mass is 127. The predicted molar refractivity (Wildman–Crippen MR) is 127 cm³/mol. The number of aliphatic imine (C=N–C) groups is 1. The van der Waals surface area contributed by atoms with E-state index < -0.39 is 0 Å². The first-order chi connectivity index (χ1) is 13.0. The molecular weight excluding hydrogens is 489 g/mol. The Kier molecular flexibility index (Phi) is 11.7. The number of morpholine rings is 1. The first kappa shape index (κ1) is 24.9. The second-order valence-electron chi connectivity index (χ2n) is 6.71. The lowest BCUT2D eigenvalue weighted by molar-refractivity contribution is -0.127. The third-order valence-corrected chi connectivity index (χ3v) is 5.31. The van der Waals surface area contributed by atoms with Crippen LogP contribution in [-0.2, 0) is 9.53 Å². The second kappa shape index (κ2) is 13.1. The molecule has 1 fully saturated rings. The molecule has 7 nitrogen and oxygen atoms in total. The van der Waals surface area contributed by atoms with Gasteiger partial charge in [-0.25, -0.2) is 4.99 Å². The lowest BCUT2D eigenvalue weighted by Gasteiger charge is -2.37. The number of nitrogens with one attached hydrogen (secondary N) is 2. The Morgan fingerprint density at radius 2 is 2.32 bits per heavy atom. The lowest BCUT2D eigenvalue weighted by atomic mass is 10.1. The number of rotatable bonds is 8. The maximum absolute atomic E-state index is 11.9. The topological polar surface area (TPSA) is 69.2 Å². The van der Waals surface area contributed by atoms with Gasteiger partial charge in [-0.15, -0.1) is 41.9 Å². The molecule has 2 atom stereocenters. The van der Waals surface area contributed by atoms with E-state index in [0.717, 1.165) is 19.7 Å². The Morgan fingerprint density at radius 3 is 2.93 bits per heavy atom. The average molecular weight is 521 g/mol. The van der Waals surface area contributed by atoms with Gasteiger partial charge in [0.2, 0.25) is 5.91 Å². The molecular formula is C19H32IN5O2S. The summed E-state index contributed by atoms with van der Waals surface area (Å²) in [7, 11) is 3.46. The van der Waals surface area contributed by atoms with E-state index in [9.17, 15) is 4.79 Å². The minimum atomic E-state index is -0.0356. The Hall–Kier alpha value is -1.17. The molecule has 9 heteroatoms. The summed E-state index contributed by atoms with van der Waals surface area (Å²) in [4.78, 5) is 21.6. The number of guanidine groups is 1. The standard InChI is InChI=1S/C19H31N5O2S.HI/c1-5-8-20-19(22-13-18(25)23(3)4)21-12-16(17-7-6-11-27-17)24-9-10-26-15(2)14-24;/h5-7,11,15-16H,1,8-10,12-14H2,2-4H3,(H2,20,21,22);1H. The fraction of sp³-hybridized carbons (Fsp3) is 0.579. The smallest absolute Gasteiger partial charge is 0.243 e. The van der Waals surface area contributed by atoms with Crippen LogP contribution in [0.25, 0.3) is 0 Å². The van der Waals surface area contributed by atoms with E-state index in [0.29, 0.717) is 19.0 Å². The highest BCUT2D eigenvalue weighted by Gasteiger charge is 2.26. The number of carbonyl (C=O) groups excluding carboxylic acids is 1. The molecule has 0 bridgehead atoms. The monoisotopic (exact) mass is 521 g/mol. The van der Waals surface area contributed by atoms with E-state index in [1.165, 1.54) is 9.78 Å². The van der Waals surface area contributed by atoms with E-state index in [1.807, 2.05) is 0 Å². The van der Waals surface area contributed by atoms with Crippen LogP contribution in [0.1, 0.15) is 17.8 Å². The van der Waals surface area contributed by atoms with E-state index in [4.69, 9.17) is 4.74 Å². The van der Waals surface area contributed by atoms with Crippen molar-refractivity contribution in [3.63, 3.8) is 0 Å². The number of halogens is 1. The van der Waals surface area contributed by atoms with Crippen LogP contribution in [0.3, 0.4) is 0 Å². The van der Waals surface area contributed by atoms with Gasteiger partial charge in [-0.2, -0.15) is 0 Å². The van der Waals surface area contributed by atoms with Crippen molar-refractivity contribution in [2.75, 3.05) is 53.4 Å². The number of amides is 1. The number of hydrogen-bond acceptors (Lipinski definition) is 5. The van der Waals surface area contributed by atoms with Crippen LogP contribution in [0.5, 0.6) is 0 Å². The molecule has 0 aromatic carbocycles. The van der Waals surface area contributed by atoms with Gasteiger partial charge >= 0.3 is 0 Å². The molecule has 2 heterocycles. The number of ether oxygens (including phenoxy) is 1. The molecule has 28 heavy (non-hydrogen) atoms. The lowest BCUT2D eigenvalue weighted by Crippen LogP contribution is -2.48. The Morgan fingerprint density at radius 1 is 1.54 bits per heavy atom. The van der Waals surface area contributed by atoms with E-state index in [1.54, 1.807) is 31.5 Å². The van der Waals surface area contributed by atoms with Crippen molar-refractivity contribution in [3.8, 4) is 0 Å². The largest absolute Gasteiger partial charge is 0.376 e. The molecule has 158 valence electrons. The Balaban J connectivity index is 0.00000392. The third-order valence-electron chi connectivity index (χ3n) is 4.33. The van der Waals surface area contributed by atoms with Gasteiger partial charge in [-0.05, 0) is 18.4 Å². The fourth-order valence-corrected chi connectivity index (χ4v) is 3.70. The van der Waals surface area contributed by atoms with Crippen LogP contribution in [-0.4, -0.2) is 81.2 Å². The summed E-state index contributed by atoms with van der Waals surface area (Å²) in [5.74, 6) is 0.583. The molecule has 0 saturated carbocycles. The van der Waals surface area contributed by atoms with Gasteiger partial charge in [0.05, 0.1) is 18.8 Å². The second-order valence-corrected chi connectivity index (χ2v) is 7.69. The van der Waals surface area contributed by atoms with Crippen molar-refractivity contribution in [3.05, 3.63) is 35.0 Å². The van der Waals surface area contributed by atoms with Crippen molar-refractivity contribution in [1.82, 2.24) is 20.4 Å². The molecule has 1 aromatic heterocycles. The molecule has 2 N–H and O–H groups in total. The van der Waals surface area contributed by atoms with Gasteiger partial charge in [0, 0.05) is 45.2 Å². The van der Waals surface area contributed by atoms with Crippen molar-refractivity contribution in [1.29, 1.82) is 0 Å². The quantitative estimate of drug-likeness (QED) is 0.237. The number of hydrogen-bond donors (Lipinski definition) is 2. The van der Waals surface area contributed by atoms with Crippen LogP contribution in [0.4, 0.5) is 0 Å². The summed E-state index contributed by atoms with van der Waals surface area (Å²) in [5.41, 5.74) is 0. The summed E-state index contributed by atoms with van der Waals surface area (Å²) < 4.78 is 5.69. The van der Waals surface area contributed by atoms with Crippen LogP contribution in [0.15, 0.2) is 35.2 Å². The normalized spacial score (nSPS) is 18.7. The molecule has 0 spiro atoms. The molecule has 0 radical (unpaired) electrons. The summed E-state index contributed by atoms with van der Waals surface area (Å²) >= 11 is 1.76. The first-order valence-electron chi connectivity index (χ1n) is 9.23. The van der Waals surface area contributed by atoms with Crippen molar-refractivity contribution < 1.29 is 9.53 Å². The van der Waals surface area contributed by atoms with Gasteiger partial charge in [0.15, 0.2) is 5.96 Å². The van der Waals surface area contributed by atoms with E-state index in [-0.39, 0.29) is 48.6 Å². The molecule has 1 aliphatic heterocycles. The highest BCUT2D eigenvalue weighted by Crippen LogP contribution is 2.26. The van der Waals surface area contributed by atoms with Gasteiger partial charge in [-0.3, -0.25) is 9.69 Å². The minimum Gasteiger partial charge on any atom is -0.376 e. The van der Waals surface area contributed by atoms with Gasteiger partial charge in [-0.1, -0.05) is 12.1 Å². The maximum Gasteiger partial charge on any atom is 0.243 e. The fourth-order valence-electron chi connectivity index (χ4n) is 2.84. The van der Waals surface area contributed by atoms with Gasteiger partial charge < -0.3 is 20.3 Å². The summed E-state index contributed by atoms with van der Waals surface area (Å²) in [5, 5.41) is 8.68. The highest BCUT2D eigenvalue weighted by molar-refractivity contribution is 14.0. The van der Waals surface area contributed by atoms with Crippen LogP contribution >= 0.6 is 35.3 Å². The number of thiophene rings is 1. The van der Waals surface area contributed by atoms with Crippen LogP contribution < -0.4 is 10.6 Å². The van der Waals surface area contributed by atoms with Crippen LogP contribution in [0, 0.1) is 0 Å². The molecule has 1 amide bonds. The SMILES string of the molecule is C=CCNC(=NCC(=O)N(C)C)NCC(c1cccs1)N1CCOC(C)C1.I. The molecule has 0 aliphatic carbocycles. The Labute approximate surface area is 189 Å². The molecule has 1 aliphatic rings. The van der Waals surface area contributed by atoms with E-state index in [2.05, 4.69) is 51.5 Å². The predicted octanol–water partition coefficient (Wildman–Crippen LogP) is 1.94. The zero-order valence-electron chi connectivity index (χ0n) is 16.9. The molecule has 2 rings (SSSR count). The van der Waals surface area contributed by atoms with Crippen molar-refractivity contribution >= 4 is 47.2 Å². The van der Waals surface area contributed by atoms with Crippen LogP contribution in [0.2, 0.25) is 0 Å². The number of carbonyl (C=O) groups is 1. The minimum absolute atomic E-state index is 0. The first-order valence-corrected chi connectivity index (χ1v) is 10.1. The number of nitrogens with zero attached hydrogens (tertiary/aromatic N) is 3. The zero-order valence-corrected chi connectivity index (χ0v) is 20.0. The number of likely N-dealkylation sites (N-methyl/N-ethyl adjacent to an activating group) is 1. The summed E-state index contributed by atoms with van der Waals surface area (Å²) in [6.07, 6.45) is 2.00. The maximum atomic E-state index is 11.9. The summed E-state index contributed by atoms with van der Waals surface area (Å²) in [6.45, 7) is 9.78. The zero-order chi connectivity index (χ0) is 19.6. The molecule has 2 unspecified atom stereocenters. The van der Waals surface area contributed by atoms with Crippen molar-refractivity contribution in [2.45, 2.75) is 19.1 Å². The van der Waals surface area contributed by atoms with E-state index >= 15 is 0 Å². The average Bonchev–Trinajstić information content (AvgIpc) is 3.17. The van der Waals surface area contributed by atoms with Gasteiger partial charge in [0.25, 0.3) is 0 Å². The molecule has 1 saturated heterocycles. The molecule has 1 aromatic rings. The van der Waals surface area contributed by atoms with Gasteiger partial charge in [0.1, 0.15) is 6.54 Å².